The second-order valence-electron chi connectivity index (χ2n) is 5.04. The van der Waals surface area contributed by atoms with Gasteiger partial charge in [0.05, 0.1) is 16.4 Å². The molecule has 6 heteroatoms. The summed E-state index contributed by atoms with van der Waals surface area (Å²) >= 11 is 0. The maximum absolute atomic E-state index is 12.6. The summed E-state index contributed by atoms with van der Waals surface area (Å²) < 4.78 is 50.2. The summed E-state index contributed by atoms with van der Waals surface area (Å²) in [5, 5.41) is 3.27. The van der Waals surface area contributed by atoms with E-state index in [0.29, 0.717) is 11.7 Å². The lowest BCUT2D eigenvalue weighted by molar-refractivity contribution is -0.137. The lowest BCUT2D eigenvalue weighted by atomic mass is 10.2. The highest BCUT2D eigenvalue weighted by Gasteiger charge is 2.33. The molecule has 0 amide bonds. The average Bonchev–Trinajstić information content (AvgIpc) is 3.21. The Balaban J connectivity index is 2.08. The predicted molar refractivity (Wildman–Crippen MR) is 72.9 cm³/mol. The van der Waals surface area contributed by atoms with Crippen molar-refractivity contribution in [1.82, 2.24) is 5.32 Å². The van der Waals surface area contributed by atoms with Crippen LogP contribution in [0, 0.1) is 5.92 Å². The van der Waals surface area contributed by atoms with Crippen LogP contribution in [0.3, 0.4) is 0 Å². The Bertz CT molecular complexity index is 486. The van der Waals surface area contributed by atoms with Gasteiger partial charge in [-0.3, -0.25) is 4.21 Å². The number of halogens is 3. The Morgan fingerprint density at radius 2 is 2.10 bits per heavy atom. The van der Waals surface area contributed by atoms with Crippen LogP contribution in [0.4, 0.5) is 13.2 Å². The number of hydrogen-bond acceptors (Lipinski definition) is 2. The van der Waals surface area contributed by atoms with Crippen molar-refractivity contribution in [2.45, 2.75) is 36.9 Å². The number of rotatable bonds is 6. The smallest absolute Gasteiger partial charge is 0.313 e. The van der Waals surface area contributed by atoms with Crippen molar-refractivity contribution in [3.8, 4) is 0 Å². The standard InChI is InChI=1S/C14H18F3NOS/c1-2-18-13(10-6-7-10)9-20(19)12-5-3-4-11(8-12)14(15,16)17/h3-5,8,10,13,18H,2,6-7,9H2,1H3. The summed E-state index contributed by atoms with van der Waals surface area (Å²) in [6.45, 7) is 2.75. The first-order valence-corrected chi connectivity index (χ1v) is 8.02. The van der Waals surface area contributed by atoms with Gasteiger partial charge in [-0.1, -0.05) is 13.0 Å². The molecule has 2 unspecified atom stereocenters. The molecule has 112 valence electrons. The van der Waals surface area contributed by atoms with Gasteiger partial charge < -0.3 is 5.32 Å². The second kappa shape index (κ2) is 6.26. The summed E-state index contributed by atoms with van der Waals surface area (Å²) in [6, 6.07) is 4.95. The van der Waals surface area contributed by atoms with Crippen LogP contribution in [0.2, 0.25) is 0 Å². The third-order valence-electron chi connectivity index (χ3n) is 3.41. The van der Waals surface area contributed by atoms with Crippen LogP contribution in [-0.4, -0.2) is 22.5 Å². The number of nitrogens with one attached hydrogen (secondary N) is 1. The van der Waals surface area contributed by atoms with Crippen LogP contribution in [0.15, 0.2) is 29.2 Å². The Morgan fingerprint density at radius 1 is 1.40 bits per heavy atom. The topological polar surface area (TPSA) is 29.1 Å². The molecule has 0 bridgehead atoms. The Morgan fingerprint density at radius 3 is 2.65 bits per heavy atom. The molecule has 1 aliphatic rings. The van der Waals surface area contributed by atoms with Crippen molar-refractivity contribution < 1.29 is 17.4 Å². The summed E-state index contributed by atoms with van der Waals surface area (Å²) in [7, 11) is -1.40. The number of hydrogen-bond donors (Lipinski definition) is 1. The van der Waals surface area contributed by atoms with Crippen molar-refractivity contribution in [2.24, 2.45) is 5.92 Å². The quantitative estimate of drug-likeness (QED) is 0.874. The van der Waals surface area contributed by atoms with Gasteiger partial charge in [0, 0.05) is 16.7 Å². The lowest BCUT2D eigenvalue weighted by Gasteiger charge is -2.17. The van der Waals surface area contributed by atoms with E-state index in [1.165, 1.54) is 12.1 Å². The van der Waals surface area contributed by atoms with E-state index in [-0.39, 0.29) is 10.9 Å². The van der Waals surface area contributed by atoms with E-state index in [1.807, 2.05) is 6.92 Å². The van der Waals surface area contributed by atoms with Crippen LogP contribution in [0.5, 0.6) is 0 Å². The van der Waals surface area contributed by atoms with Crippen molar-refractivity contribution >= 4 is 10.8 Å². The second-order valence-corrected chi connectivity index (χ2v) is 6.54. The summed E-state index contributed by atoms with van der Waals surface area (Å²) in [5.41, 5.74) is -0.741. The molecule has 0 radical (unpaired) electrons. The fourth-order valence-electron chi connectivity index (χ4n) is 2.20. The zero-order chi connectivity index (χ0) is 14.8. The molecule has 1 aliphatic carbocycles. The van der Waals surface area contributed by atoms with Crippen LogP contribution < -0.4 is 5.32 Å². The fourth-order valence-corrected chi connectivity index (χ4v) is 3.59. The number of alkyl halides is 3. The first-order chi connectivity index (χ1) is 9.41. The highest BCUT2D eigenvalue weighted by molar-refractivity contribution is 7.85. The third-order valence-corrected chi connectivity index (χ3v) is 4.85. The Hall–Kier alpha value is -0.880. The van der Waals surface area contributed by atoms with Crippen molar-refractivity contribution in [3.63, 3.8) is 0 Å². The van der Waals surface area contributed by atoms with Gasteiger partial charge >= 0.3 is 6.18 Å². The van der Waals surface area contributed by atoms with E-state index in [0.717, 1.165) is 31.5 Å². The third kappa shape index (κ3) is 4.06. The van der Waals surface area contributed by atoms with Gasteiger partial charge in [0.2, 0.25) is 0 Å². The minimum atomic E-state index is -4.39. The molecule has 2 nitrogen and oxygen atoms in total. The molecule has 1 fully saturated rings. The van der Waals surface area contributed by atoms with Gasteiger partial charge in [0.1, 0.15) is 0 Å². The van der Waals surface area contributed by atoms with E-state index in [2.05, 4.69) is 5.32 Å². The Labute approximate surface area is 119 Å². The van der Waals surface area contributed by atoms with Gasteiger partial charge in [-0.2, -0.15) is 13.2 Å². The van der Waals surface area contributed by atoms with Crippen LogP contribution in [-0.2, 0) is 17.0 Å². The molecule has 2 atom stereocenters. The van der Waals surface area contributed by atoms with E-state index in [1.54, 1.807) is 0 Å². The van der Waals surface area contributed by atoms with Crippen LogP contribution in [0.1, 0.15) is 25.3 Å². The molecule has 1 aromatic carbocycles. The molecule has 1 aromatic rings. The average molecular weight is 305 g/mol. The first-order valence-electron chi connectivity index (χ1n) is 6.71. The zero-order valence-corrected chi connectivity index (χ0v) is 12.1. The van der Waals surface area contributed by atoms with E-state index in [9.17, 15) is 17.4 Å². The molecule has 0 spiro atoms. The number of benzene rings is 1. The van der Waals surface area contributed by atoms with Crippen LogP contribution in [0.25, 0.3) is 0 Å². The molecule has 2 rings (SSSR count). The van der Waals surface area contributed by atoms with Crippen molar-refractivity contribution in [2.75, 3.05) is 12.3 Å². The maximum atomic E-state index is 12.6. The monoisotopic (exact) mass is 305 g/mol. The molecule has 0 aromatic heterocycles. The molecular weight excluding hydrogens is 287 g/mol. The van der Waals surface area contributed by atoms with Gasteiger partial charge in [-0.05, 0) is 43.5 Å². The van der Waals surface area contributed by atoms with E-state index < -0.39 is 22.5 Å². The molecule has 0 saturated heterocycles. The van der Waals surface area contributed by atoms with E-state index in [4.69, 9.17) is 0 Å². The predicted octanol–water partition coefficient (Wildman–Crippen LogP) is 3.20. The molecule has 1 N–H and O–H groups in total. The highest BCUT2D eigenvalue weighted by atomic mass is 32.2. The van der Waals surface area contributed by atoms with Gasteiger partial charge in [-0.25, -0.2) is 0 Å². The van der Waals surface area contributed by atoms with Crippen LogP contribution >= 0.6 is 0 Å². The summed E-state index contributed by atoms with van der Waals surface area (Å²) in [5.74, 6) is 0.893. The minimum absolute atomic E-state index is 0.135. The first kappa shape index (κ1) is 15.5. The molecular formula is C14H18F3NOS. The Kier molecular flexibility index (Phi) is 4.86. The van der Waals surface area contributed by atoms with Gasteiger partial charge in [0.25, 0.3) is 0 Å². The summed E-state index contributed by atoms with van der Waals surface area (Å²) in [6.07, 6.45) is -2.17. The zero-order valence-electron chi connectivity index (χ0n) is 11.2. The van der Waals surface area contributed by atoms with Gasteiger partial charge in [0.15, 0.2) is 0 Å². The van der Waals surface area contributed by atoms with Gasteiger partial charge in [-0.15, -0.1) is 0 Å². The van der Waals surface area contributed by atoms with Crippen molar-refractivity contribution in [3.05, 3.63) is 29.8 Å². The largest absolute Gasteiger partial charge is 0.416 e. The molecule has 0 aliphatic heterocycles. The lowest BCUT2D eigenvalue weighted by Crippen LogP contribution is -2.35. The summed E-state index contributed by atoms with van der Waals surface area (Å²) in [4.78, 5) is 0.253. The molecule has 20 heavy (non-hydrogen) atoms. The molecule has 0 heterocycles. The fraction of sp³-hybridized carbons (Fsp3) is 0.571. The van der Waals surface area contributed by atoms with E-state index >= 15 is 0 Å². The van der Waals surface area contributed by atoms with Crippen molar-refractivity contribution in [1.29, 1.82) is 0 Å². The molecule has 1 saturated carbocycles. The maximum Gasteiger partial charge on any atom is 0.416 e. The highest BCUT2D eigenvalue weighted by Crippen LogP contribution is 2.34. The normalized spacial score (nSPS) is 18.8. The SMILES string of the molecule is CCNC(CS(=O)c1cccc(C(F)(F)F)c1)C1CC1. The minimum Gasteiger partial charge on any atom is -0.313 e.